The molecule has 3 aliphatic carbocycles. The summed E-state index contributed by atoms with van der Waals surface area (Å²) in [6, 6.07) is 23.5. The van der Waals surface area contributed by atoms with Crippen LogP contribution in [0.2, 0.25) is 0 Å². The Morgan fingerprint density at radius 3 is 0.869 bits per heavy atom. The van der Waals surface area contributed by atoms with Gasteiger partial charge in [-0.1, -0.05) is 190 Å². The summed E-state index contributed by atoms with van der Waals surface area (Å²) >= 11 is 0. The molecule has 7 aromatic rings. The summed E-state index contributed by atoms with van der Waals surface area (Å²) in [5, 5.41) is 0. The van der Waals surface area contributed by atoms with Gasteiger partial charge in [-0.3, -0.25) is 0 Å². The maximum absolute atomic E-state index is 14.2. The molecule has 0 bridgehead atoms. The third kappa shape index (κ3) is 21.9. The summed E-state index contributed by atoms with van der Waals surface area (Å²) in [5.74, 6) is 0.761. The smallest absolute Gasteiger partial charge is 0.416 e. The molecule has 4 aliphatic rings. The zero-order valence-corrected chi connectivity index (χ0v) is 60.0. The molecule has 7 aromatic carbocycles. The Kier molecular flexibility index (Phi) is 27.5. The van der Waals surface area contributed by atoms with E-state index in [1.54, 1.807) is 0 Å². The molecule has 107 heavy (non-hydrogen) atoms. The van der Waals surface area contributed by atoms with Gasteiger partial charge < -0.3 is 9.26 Å². The number of hydrogen-bond acceptors (Lipinski definition) is 3. The molecule has 2 fully saturated rings. The minimum atomic E-state index is -6.13. The molecule has 1 radical (unpaired) electrons. The van der Waals surface area contributed by atoms with E-state index >= 15 is 0 Å². The number of aliphatic imine (C=N–C) groups is 1. The molecule has 2 atom stereocenters. The summed E-state index contributed by atoms with van der Waals surface area (Å²) in [7, 11) is -0.606. The molecule has 0 unspecified atom stereocenters. The van der Waals surface area contributed by atoms with Crippen LogP contribution in [0.3, 0.4) is 0 Å². The first-order valence-electron chi connectivity index (χ1n) is 34.0. The van der Waals surface area contributed by atoms with Crippen molar-refractivity contribution in [2.24, 2.45) is 4.99 Å². The van der Waals surface area contributed by atoms with Gasteiger partial charge in [-0.05, 0) is 106 Å². The number of hydrogen-bond donors (Lipinski definition) is 0. The van der Waals surface area contributed by atoms with Crippen LogP contribution < -0.4 is 21.9 Å². The van der Waals surface area contributed by atoms with Crippen LogP contribution in [0, 0.1) is 0 Å². The maximum Gasteiger partial charge on any atom is 0.416 e. The summed E-state index contributed by atoms with van der Waals surface area (Å²) in [6.45, 7) is 2.21. The van der Waals surface area contributed by atoms with Gasteiger partial charge in [-0.2, -0.15) is 127 Å². The van der Waals surface area contributed by atoms with Gasteiger partial charge >= 0.3 is 49.4 Å². The maximum atomic E-state index is 14.2. The molecule has 581 valence electrons. The molecule has 0 aromatic heterocycles. The van der Waals surface area contributed by atoms with E-state index in [0.717, 1.165) is 24.3 Å². The topological polar surface area (TPSA) is 30.8 Å². The van der Waals surface area contributed by atoms with E-state index < -0.39 is 208 Å². The second-order valence-corrected chi connectivity index (χ2v) is 29.2. The van der Waals surface area contributed by atoms with Crippen LogP contribution in [0.15, 0.2) is 193 Å². The van der Waals surface area contributed by atoms with Crippen molar-refractivity contribution in [2.75, 3.05) is 0 Å². The van der Waals surface area contributed by atoms with Gasteiger partial charge in [0.05, 0.1) is 44.5 Å². The number of rotatable bonds is 14. The molecule has 0 amide bonds. The Balaban J connectivity index is 0.000000251. The second-order valence-electron chi connectivity index (χ2n) is 26.8. The number of ether oxygens (including phenoxy) is 1. The van der Waals surface area contributed by atoms with Crippen molar-refractivity contribution in [3.8, 4) is 0 Å². The number of alkyl halides is 24. The fourth-order valence-electron chi connectivity index (χ4n) is 14.3. The summed E-state index contributed by atoms with van der Waals surface area (Å²) < 4.78 is 355. The van der Waals surface area contributed by atoms with Crippen LogP contribution in [-0.2, 0) is 91.6 Å². The van der Waals surface area contributed by atoms with Gasteiger partial charge in [-0.15, -0.1) is 0 Å². The van der Waals surface area contributed by atoms with Gasteiger partial charge in [0.15, 0.2) is 0 Å². The van der Waals surface area contributed by atoms with Crippen LogP contribution in [0.4, 0.5) is 105 Å². The Labute approximate surface area is 616 Å². The fraction of sp³-hybridized carbons (Fsp3) is 0.390. The number of allylic oxidation sites excluding steroid dienone is 4. The molecule has 3 nitrogen and oxygen atoms in total. The van der Waals surface area contributed by atoms with Gasteiger partial charge in [0, 0.05) is 58.0 Å². The Bertz CT molecular complexity index is 3630. The van der Waals surface area contributed by atoms with E-state index in [1.807, 2.05) is 0 Å². The molecule has 0 spiro atoms. The Hall–Kier alpha value is -7.09. The molecule has 30 heteroatoms. The Morgan fingerprint density at radius 1 is 0.364 bits per heavy atom. The van der Waals surface area contributed by atoms with E-state index in [2.05, 4.69) is 122 Å². The van der Waals surface area contributed by atoms with Crippen molar-refractivity contribution in [3.63, 3.8) is 0 Å². The van der Waals surface area contributed by atoms with Gasteiger partial charge in [0.2, 0.25) is 5.90 Å². The first-order chi connectivity index (χ1) is 49.5. The van der Waals surface area contributed by atoms with E-state index in [9.17, 15) is 105 Å². The van der Waals surface area contributed by atoms with Crippen molar-refractivity contribution in [3.05, 3.63) is 249 Å². The predicted molar refractivity (Wildman–Crippen MR) is 359 cm³/mol. The van der Waals surface area contributed by atoms with Gasteiger partial charge in [-0.25, -0.2) is 4.99 Å². The molecule has 0 saturated heterocycles. The largest absolute Gasteiger partial charge is 0.472 e. The normalized spacial score (nSPS) is 18.0. The quantitative estimate of drug-likeness (QED) is 0.0470. The van der Waals surface area contributed by atoms with Crippen LogP contribution in [0.1, 0.15) is 158 Å². The van der Waals surface area contributed by atoms with Crippen LogP contribution in [0.25, 0.3) is 0 Å². The van der Waals surface area contributed by atoms with E-state index in [1.165, 1.54) is 101 Å². The zero-order valence-electron chi connectivity index (χ0n) is 56.7. The van der Waals surface area contributed by atoms with Crippen LogP contribution >= 0.6 is 8.15 Å². The first-order valence-corrected chi connectivity index (χ1v) is 35.4. The van der Waals surface area contributed by atoms with Crippen molar-refractivity contribution >= 4 is 42.0 Å². The fourth-order valence-corrected chi connectivity index (χ4v) is 17.6. The number of benzene rings is 7. The summed E-state index contributed by atoms with van der Waals surface area (Å²) in [5.41, 5.74) is -25.6. The van der Waals surface area contributed by atoms with Crippen molar-refractivity contribution in [1.82, 2.24) is 0 Å². The van der Waals surface area contributed by atoms with Gasteiger partial charge in [0.1, 0.15) is 23.9 Å². The second kappa shape index (κ2) is 34.4. The first kappa shape index (κ1) is 85.5. The standard InChI is InChI=1S/C37H46NO2P.C32H12BF24.C8H12.Ir/c1-29-35(38-36(39-29)32-21-11-4-12-22-32)37(27-30-17-7-2-8-18-30,28-31-19-9-3-10-20-31)40-41(33-23-13-5-14-24-33)34-25-15-6-16-26-34;34-25(35,36)13-1-14(26(37,38)39)6-21(5-13)33(22-7-15(27(40,41)42)2-16(8-22)28(43,44)45,23-9-17(29(46,47)48)3-18(10-23)30(49,50)51)24-11-19(31(52,53)54)4-20(12-24)32(55,56)57;1-2-4-6-8-7-5-3-1;/h2-4,7-12,17-22,29,33-35H,5-6,13-16,23-28H2,1H3;1-12H;1-2,7-8H,3-6H2;/q;-1;;/b;;2-1-,8-7?;/t29-,35-;;;/m0.../s1. The van der Waals surface area contributed by atoms with E-state index in [4.69, 9.17) is 14.3 Å². The average molecular weight is 1730 g/mol. The van der Waals surface area contributed by atoms with Crippen LogP contribution in [-0.4, -0.2) is 41.1 Å². The van der Waals surface area contributed by atoms with Crippen molar-refractivity contribution in [2.45, 2.75) is 188 Å². The third-order valence-corrected chi connectivity index (χ3v) is 22.2. The van der Waals surface area contributed by atoms with Crippen molar-refractivity contribution < 1.29 is 135 Å². The molecule has 0 N–H and O–H groups in total. The molecule has 1 heterocycles. The monoisotopic (exact) mass is 1730 g/mol. The molecular formula is C77H70BF24IrNO2P-. The average Bonchev–Trinajstić information content (AvgIpc) is 1.18. The molecule has 2 saturated carbocycles. The molecular weight excluding hydrogens is 1660 g/mol. The molecule has 11 rings (SSSR count). The summed E-state index contributed by atoms with van der Waals surface area (Å²) in [4.78, 5) is 5.43. The van der Waals surface area contributed by atoms with E-state index in [-0.39, 0.29) is 32.3 Å². The van der Waals surface area contributed by atoms with Gasteiger partial charge in [0.25, 0.3) is 0 Å². The number of nitrogens with zero attached hydrogens (tertiary/aromatic N) is 1. The predicted octanol–water partition coefficient (Wildman–Crippen LogP) is 23.4. The minimum absolute atomic E-state index is 0. The van der Waals surface area contributed by atoms with E-state index in [0.29, 0.717) is 11.3 Å². The summed E-state index contributed by atoms with van der Waals surface area (Å²) in [6.07, 6.45) is -25.7. The minimum Gasteiger partial charge on any atom is -0.472 e. The molecule has 1 aliphatic heterocycles. The number of halogens is 24. The Morgan fingerprint density at radius 2 is 0.617 bits per heavy atom. The third-order valence-electron chi connectivity index (χ3n) is 19.2. The zero-order chi connectivity index (χ0) is 77.5. The van der Waals surface area contributed by atoms with Crippen LogP contribution in [0.5, 0.6) is 0 Å². The van der Waals surface area contributed by atoms with Crippen molar-refractivity contribution in [1.29, 1.82) is 0 Å². The SMILES string of the molecule is C1=CCC/C=C\CC1.C[C@@H]1OC(c2ccccc2)=N[C@@H]1C(Cc1ccccc1)(Cc1ccccc1)OP(C1CCCCC1)C1CCCCC1.FC(F)(F)c1cc([B-](c2cc(C(F)(F)F)cc(C(F)(F)F)c2)(c2cc(C(F)(F)F)cc(C(F)(F)F)c2)c2cc(C(F)(F)F)cc(C(F)(F)F)c2)cc(C(F)(F)F)c1.[Ir].